The van der Waals surface area contributed by atoms with Gasteiger partial charge in [0, 0.05) is 11.1 Å². The summed E-state index contributed by atoms with van der Waals surface area (Å²) in [5, 5.41) is 15.0. The number of H-pyrrole nitrogens is 2. The minimum atomic E-state index is -0.989. The number of fused-ring (bicyclic) bond motifs is 1. The Kier molecular flexibility index (Phi) is 6.04. The number of carbonyl (C=O) groups is 2. The van der Waals surface area contributed by atoms with Gasteiger partial charge in [0.2, 0.25) is 0 Å². The summed E-state index contributed by atoms with van der Waals surface area (Å²) in [7, 11) is 0. The van der Waals surface area contributed by atoms with Crippen LogP contribution in [-0.4, -0.2) is 38.5 Å². The number of thiophene rings is 1. The first-order valence-corrected chi connectivity index (χ1v) is 10.7. The van der Waals surface area contributed by atoms with Crippen molar-refractivity contribution in [1.82, 2.24) is 15.0 Å². The molecule has 0 saturated heterocycles. The number of aliphatic carboxylic acids is 1. The Morgan fingerprint density at radius 1 is 1.12 bits per heavy atom. The smallest absolute Gasteiger partial charge is 0.322 e. The summed E-state index contributed by atoms with van der Waals surface area (Å²) < 4.78 is 0. The number of carboxylic acids is 1. The van der Waals surface area contributed by atoms with Crippen LogP contribution in [0.2, 0.25) is 0 Å². The summed E-state index contributed by atoms with van der Waals surface area (Å²) in [6, 6.07) is 10.6. The largest absolute Gasteiger partial charge is 0.480 e. The highest BCUT2D eigenvalue weighted by molar-refractivity contribution is 7.14. The van der Waals surface area contributed by atoms with Crippen LogP contribution < -0.4 is 16.2 Å². The van der Waals surface area contributed by atoms with Gasteiger partial charge < -0.3 is 25.7 Å². The van der Waals surface area contributed by atoms with E-state index in [-0.39, 0.29) is 18.0 Å². The molecule has 5 N–H and O–H groups in total. The number of aryl methyl sites for hydroxylation is 3. The third-order valence-corrected chi connectivity index (χ3v) is 6.02. The predicted octanol–water partition coefficient (Wildman–Crippen LogP) is 3.16. The molecular formula is C22H21N5O4S. The number of nitrogens with zero attached hydrogens (tertiary/aromatic N) is 1. The second-order valence-electron chi connectivity index (χ2n) is 7.20. The van der Waals surface area contributed by atoms with Gasteiger partial charge in [-0.1, -0.05) is 12.1 Å². The number of benzene rings is 1. The first-order valence-electron chi connectivity index (χ1n) is 9.92. The van der Waals surface area contributed by atoms with E-state index in [9.17, 15) is 14.4 Å². The first kappa shape index (κ1) is 21.3. The predicted molar refractivity (Wildman–Crippen MR) is 124 cm³/mol. The third kappa shape index (κ3) is 4.70. The molecular weight excluding hydrogens is 430 g/mol. The molecule has 0 spiro atoms. The maximum atomic E-state index is 12.7. The van der Waals surface area contributed by atoms with Crippen LogP contribution in [0.5, 0.6) is 0 Å². The number of rotatable bonds is 8. The van der Waals surface area contributed by atoms with Crippen LogP contribution in [0, 0.1) is 6.92 Å². The van der Waals surface area contributed by atoms with Crippen molar-refractivity contribution in [2.75, 3.05) is 17.2 Å². The van der Waals surface area contributed by atoms with Crippen molar-refractivity contribution in [3.8, 4) is 0 Å². The number of hydrogen-bond donors (Lipinski definition) is 5. The summed E-state index contributed by atoms with van der Waals surface area (Å²) in [6.45, 7) is 1.49. The molecule has 0 atom stereocenters. The molecule has 9 nitrogen and oxygen atoms in total. The van der Waals surface area contributed by atoms with Crippen molar-refractivity contribution in [2.45, 2.75) is 19.8 Å². The van der Waals surface area contributed by atoms with Gasteiger partial charge in [-0.25, -0.2) is 4.98 Å². The van der Waals surface area contributed by atoms with E-state index in [1.54, 1.807) is 43.5 Å². The molecule has 4 aromatic rings. The summed E-state index contributed by atoms with van der Waals surface area (Å²) in [5.74, 6) is -0.698. The lowest BCUT2D eigenvalue weighted by molar-refractivity contribution is -0.134. The highest BCUT2D eigenvalue weighted by atomic mass is 32.1. The van der Waals surface area contributed by atoms with Crippen molar-refractivity contribution in [1.29, 1.82) is 0 Å². The van der Waals surface area contributed by atoms with E-state index in [2.05, 4.69) is 25.6 Å². The SMILES string of the molecule is Cc1nc2[nH]cc(CCc3ccc(C(=O)Nc4ccccc4NCC(=O)O)s3)c2c(=O)[nH]1. The molecule has 10 heteroatoms. The number of aromatic amines is 2. The summed E-state index contributed by atoms with van der Waals surface area (Å²) in [4.78, 5) is 47.4. The average molecular weight is 452 g/mol. The number of nitrogens with one attached hydrogen (secondary N) is 4. The quantitative estimate of drug-likeness (QED) is 0.279. The Morgan fingerprint density at radius 2 is 1.91 bits per heavy atom. The third-order valence-electron chi connectivity index (χ3n) is 4.87. The van der Waals surface area contributed by atoms with Gasteiger partial charge in [0.1, 0.15) is 18.0 Å². The van der Waals surface area contributed by atoms with Crippen LogP contribution in [0.25, 0.3) is 11.0 Å². The molecule has 3 aromatic heterocycles. The fraction of sp³-hybridized carbons (Fsp3) is 0.182. The lowest BCUT2D eigenvalue weighted by Gasteiger charge is -2.11. The molecule has 0 fully saturated rings. The zero-order valence-electron chi connectivity index (χ0n) is 17.2. The van der Waals surface area contributed by atoms with Crippen LogP contribution in [0.1, 0.15) is 25.9 Å². The van der Waals surface area contributed by atoms with Gasteiger partial charge in [0.05, 0.1) is 21.6 Å². The molecule has 0 unspecified atom stereocenters. The lowest BCUT2D eigenvalue weighted by atomic mass is 10.1. The van der Waals surface area contributed by atoms with Crippen LogP contribution in [0.3, 0.4) is 0 Å². The van der Waals surface area contributed by atoms with E-state index in [0.717, 1.165) is 10.4 Å². The van der Waals surface area contributed by atoms with Gasteiger partial charge in [-0.3, -0.25) is 14.4 Å². The number of para-hydroxylation sites is 2. The highest BCUT2D eigenvalue weighted by Gasteiger charge is 2.14. The Morgan fingerprint density at radius 3 is 2.69 bits per heavy atom. The standard InChI is InChI=1S/C22H21N5O4S/c1-12-25-20-19(22(31)26-12)13(10-24-20)6-7-14-8-9-17(32-14)21(30)27-16-5-3-2-4-15(16)23-11-18(28)29/h2-5,8-10,23H,6-7,11H2,1H3,(H,27,30)(H,28,29)(H2,24,25,26,31). The van der Waals surface area contributed by atoms with E-state index in [1.165, 1.54) is 11.3 Å². The molecule has 0 saturated carbocycles. The summed E-state index contributed by atoms with van der Waals surface area (Å²) in [5.41, 5.74) is 2.34. The van der Waals surface area contributed by atoms with Crippen molar-refractivity contribution in [3.63, 3.8) is 0 Å². The second-order valence-corrected chi connectivity index (χ2v) is 8.37. The molecule has 0 aliphatic carbocycles. The van der Waals surface area contributed by atoms with E-state index < -0.39 is 5.97 Å². The number of hydrogen-bond acceptors (Lipinski definition) is 6. The monoisotopic (exact) mass is 451 g/mol. The highest BCUT2D eigenvalue weighted by Crippen LogP contribution is 2.25. The number of aromatic nitrogens is 3. The Hall–Kier alpha value is -3.92. The number of anilines is 2. The molecule has 0 aliphatic heterocycles. The van der Waals surface area contributed by atoms with Gasteiger partial charge in [0.15, 0.2) is 0 Å². The number of carbonyl (C=O) groups excluding carboxylic acids is 1. The Labute approximate surface area is 186 Å². The van der Waals surface area contributed by atoms with Gasteiger partial charge in [-0.2, -0.15) is 0 Å². The molecule has 0 bridgehead atoms. The maximum Gasteiger partial charge on any atom is 0.322 e. The minimum Gasteiger partial charge on any atom is -0.480 e. The molecule has 1 aromatic carbocycles. The van der Waals surface area contributed by atoms with Gasteiger partial charge in [-0.05, 0) is 49.6 Å². The molecule has 0 aliphatic rings. The van der Waals surface area contributed by atoms with E-state index >= 15 is 0 Å². The minimum absolute atomic E-state index is 0.162. The molecule has 164 valence electrons. The average Bonchev–Trinajstić information content (AvgIpc) is 3.38. The van der Waals surface area contributed by atoms with Crippen LogP contribution >= 0.6 is 11.3 Å². The topological polar surface area (TPSA) is 140 Å². The van der Waals surface area contributed by atoms with E-state index in [4.69, 9.17) is 5.11 Å². The van der Waals surface area contributed by atoms with Crippen molar-refractivity contribution < 1.29 is 14.7 Å². The van der Waals surface area contributed by atoms with Gasteiger partial charge >= 0.3 is 5.97 Å². The lowest BCUT2D eigenvalue weighted by Crippen LogP contribution is -2.16. The van der Waals surface area contributed by atoms with Gasteiger partial charge in [0.25, 0.3) is 11.5 Å². The van der Waals surface area contributed by atoms with Crippen molar-refractivity contribution >= 4 is 45.6 Å². The van der Waals surface area contributed by atoms with Crippen molar-refractivity contribution in [2.24, 2.45) is 0 Å². The van der Waals surface area contributed by atoms with Crippen LogP contribution in [0.4, 0.5) is 11.4 Å². The van der Waals surface area contributed by atoms with Gasteiger partial charge in [-0.15, -0.1) is 11.3 Å². The summed E-state index contributed by atoms with van der Waals surface area (Å²) in [6.07, 6.45) is 3.11. The molecule has 32 heavy (non-hydrogen) atoms. The summed E-state index contributed by atoms with van der Waals surface area (Å²) >= 11 is 1.38. The fourth-order valence-corrected chi connectivity index (χ4v) is 4.31. The Bertz CT molecular complexity index is 1350. The zero-order valence-corrected chi connectivity index (χ0v) is 18.0. The second kappa shape index (κ2) is 9.06. The molecule has 1 amide bonds. The maximum absolute atomic E-state index is 12.7. The van der Waals surface area contributed by atoms with Crippen molar-refractivity contribution in [3.05, 3.63) is 74.1 Å². The number of amides is 1. The zero-order chi connectivity index (χ0) is 22.7. The van der Waals surface area contributed by atoms with E-state index in [0.29, 0.717) is 46.0 Å². The first-order chi connectivity index (χ1) is 15.4. The molecule has 0 radical (unpaired) electrons. The Balaban J connectivity index is 1.43. The molecule has 3 heterocycles. The normalized spacial score (nSPS) is 10.9. The van der Waals surface area contributed by atoms with Crippen LogP contribution in [0.15, 0.2) is 47.4 Å². The van der Waals surface area contributed by atoms with Crippen LogP contribution in [-0.2, 0) is 17.6 Å². The number of carboxylic acid groups (broad SMARTS) is 1. The van der Waals surface area contributed by atoms with E-state index in [1.807, 2.05) is 6.07 Å². The molecule has 4 rings (SSSR count). The fourth-order valence-electron chi connectivity index (χ4n) is 3.41.